The molecule has 0 fully saturated rings. The van der Waals surface area contributed by atoms with Crippen molar-refractivity contribution in [2.24, 2.45) is 0 Å². The van der Waals surface area contributed by atoms with Crippen molar-refractivity contribution in [3.8, 4) is 0 Å². The molecule has 9 heteroatoms. The van der Waals surface area contributed by atoms with E-state index in [1.54, 1.807) is 44.2 Å². The molecular formula is C22H17ClF3NO4. The molecule has 0 saturated carbocycles. The number of anilines is 1. The molecule has 0 spiro atoms. The number of halogens is 4. The number of hydrogen-bond donors (Lipinski definition) is 1. The monoisotopic (exact) mass is 451 g/mol. The summed E-state index contributed by atoms with van der Waals surface area (Å²) < 4.78 is 50.1. The van der Waals surface area contributed by atoms with Gasteiger partial charge in [0.15, 0.2) is 0 Å². The summed E-state index contributed by atoms with van der Waals surface area (Å²) >= 11 is 5.62. The molecule has 1 amide bonds. The number of ether oxygens (including phenoxy) is 1. The standard InChI is InChI=1S/C22H17ClF3NO4/c1-12-10-16(13(2)30-12)21(29)31-19(14-6-4-3-5-7-14)20(28)27-15-8-9-18(23)17(11-15)22(24,25)26/h3-11,19H,1-2H3,(H,27,28)/t19-/m0/s1. The highest BCUT2D eigenvalue weighted by molar-refractivity contribution is 6.31. The van der Waals surface area contributed by atoms with Gasteiger partial charge in [0.2, 0.25) is 6.10 Å². The molecule has 0 aliphatic carbocycles. The second kappa shape index (κ2) is 8.85. The lowest BCUT2D eigenvalue weighted by atomic mass is 10.1. The average molecular weight is 452 g/mol. The molecule has 0 aliphatic heterocycles. The second-order valence-corrected chi connectivity index (χ2v) is 7.11. The Bertz CT molecular complexity index is 1110. The highest BCUT2D eigenvalue weighted by atomic mass is 35.5. The Labute approximate surface area is 180 Å². The summed E-state index contributed by atoms with van der Waals surface area (Å²) in [6.45, 7) is 3.23. The highest BCUT2D eigenvalue weighted by Gasteiger charge is 2.34. The van der Waals surface area contributed by atoms with Gasteiger partial charge < -0.3 is 14.5 Å². The molecule has 162 valence electrons. The third-order valence-corrected chi connectivity index (χ3v) is 4.70. The zero-order chi connectivity index (χ0) is 22.8. The fourth-order valence-corrected chi connectivity index (χ4v) is 3.16. The minimum atomic E-state index is -4.69. The van der Waals surface area contributed by atoms with Crippen LogP contribution in [0.1, 0.15) is 39.1 Å². The van der Waals surface area contributed by atoms with Gasteiger partial charge in [-0.25, -0.2) is 4.79 Å². The molecule has 31 heavy (non-hydrogen) atoms. The van der Waals surface area contributed by atoms with Crippen molar-refractivity contribution in [1.29, 1.82) is 0 Å². The third kappa shape index (κ3) is 5.27. The van der Waals surface area contributed by atoms with Crippen molar-refractivity contribution in [3.63, 3.8) is 0 Å². The Kier molecular flexibility index (Phi) is 6.40. The van der Waals surface area contributed by atoms with Crippen molar-refractivity contribution in [2.45, 2.75) is 26.1 Å². The van der Waals surface area contributed by atoms with E-state index in [4.69, 9.17) is 20.8 Å². The number of carbonyl (C=O) groups excluding carboxylic acids is 2. The molecule has 0 aliphatic rings. The summed E-state index contributed by atoms with van der Waals surface area (Å²) in [5.41, 5.74) is -0.743. The molecule has 0 saturated heterocycles. The summed E-state index contributed by atoms with van der Waals surface area (Å²) in [5.74, 6) is -0.813. The van der Waals surface area contributed by atoms with Gasteiger partial charge in [0.05, 0.1) is 10.6 Å². The molecule has 2 aromatic carbocycles. The highest BCUT2D eigenvalue weighted by Crippen LogP contribution is 2.36. The Morgan fingerprint density at radius 3 is 2.32 bits per heavy atom. The number of nitrogens with one attached hydrogen (secondary N) is 1. The first-order chi connectivity index (χ1) is 14.6. The van der Waals surface area contributed by atoms with Crippen LogP contribution in [0.2, 0.25) is 5.02 Å². The molecule has 3 rings (SSSR count). The predicted molar refractivity (Wildman–Crippen MR) is 108 cm³/mol. The van der Waals surface area contributed by atoms with Crippen LogP contribution in [-0.2, 0) is 15.7 Å². The first-order valence-corrected chi connectivity index (χ1v) is 9.44. The number of rotatable bonds is 5. The first kappa shape index (κ1) is 22.4. The quantitative estimate of drug-likeness (QED) is 0.475. The topological polar surface area (TPSA) is 68.5 Å². The molecule has 3 aromatic rings. The lowest BCUT2D eigenvalue weighted by molar-refractivity contribution is -0.137. The van der Waals surface area contributed by atoms with Gasteiger partial charge in [0, 0.05) is 11.3 Å². The first-order valence-electron chi connectivity index (χ1n) is 9.07. The van der Waals surface area contributed by atoms with E-state index in [2.05, 4.69) is 5.32 Å². The van der Waals surface area contributed by atoms with Crippen molar-refractivity contribution in [1.82, 2.24) is 0 Å². The van der Waals surface area contributed by atoms with E-state index in [9.17, 15) is 22.8 Å². The molecule has 0 unspecified atom stereocenters. The Morgan fingerprint density at radius 1 is 1.06 bits per heavy atom. The lowest BCUT2D eigenvalue weighted by Gasteiger charge is -2.18. The second-order valence-electron chi connectivity index (χ2n) is 6.70. The summed E-state index contributed by atoms with van der Waals surface area (Å²) in [6, 6.07) is 12.6. The van der Waals surface area contributed by atoms with Crippen molar-refractivity contribution in [3.05, 3.63) is 87.8 Å². The van der Waals surface area contributed by atoms with E-state index in [1.807, 2.05) is 0 Å². The largest absolute Gasteiger partial charge is 0.466 e. The number of hydrogen-bond acceptors (Lipinski definition) is 4. The van der Waals surface area contributed by atoms with Gasteiger partial charge in [-0.3, -0.25) is 4.79 Å². The minimum Gasteiger partial charge on any atom is -0.466 e. The summed E-state index contributed by atoms with van der Waals surface area (Å²) in [6.07, 6.45) is -6.10. The number of aryl methyl sites for hydroxylation is 2. The Balaban J connectivity index is 1.89. The molecule has 5 nitrogen and oxygen atoms in total. The van der Waals surface area contributed by atoms with Crippen LogP contribution in [0.4, 0.5) is 18.9 Å². The van der Waals surface area contributed by atoms with Gasteiger partial charge in [0.1, 0.15) is 17.1 Å². The fourth-order valence-electron chi connectivity index (χ4n) is 2.93. The van der Waals surface area contributed by atoms with Crippen molar-refractivity contribution < 1.29 is 31.9 Å². The van der Waals surface area contributed by atoms with Crippen LogP contribution in [0.5, 0.6) is 0 Å². The summed E-state index contributed by atoms with van der Waals surface area (Å²) in [5, 5.41) is 1.86. The normalized spacial score (nSPS) is 12.3. The van der Waals surface area contributed by atoms with Crippen LogP contribution in [0.15, 0.2) is 59.0 Å². The van der Waals surface area contributed by atoms with Crippen LogP contribution >= 0.6 is 11.6 Å². The molecule has 0 radical (unpaired) electrons. The van der Waals surface area contributed by atoms with E-state index in [1.165, 1.54) is 12.1 Å². The van der Waals surface area contributed by atoms with E-state index < -0.39 is 34.7 Å². The minimum absolute atomic E-state index is 0.144. The number of carbonyl (C=O) groups is 2. The smallest absolute Gasteiger partial charge is 0.417 e. The van der Waals surface area contributed by atoms with Gasteiger partial charge in [-0.2, -0.15) is 13.2 Å². The SMILES string of the molecule is Cc1cc(C(=O)O[C@H](C(=O)Nc2ccc(Cl)c(C(F)(F)F)c2)c2ccccc2)c(C)o1. The van der Waals surface area contributed by atoms with Crippen LogP contribution in [0.3, 0.4) is 0 Å². The Morgan fingerprint density at radius 2 is 1.74 bits per heavy atom. The maximum absolute atomic E-state index is 13.1. The van der Waals surface area contributed by atoms with E-state index in [0.29, 0.717) is 23.2 Å². The number of alkyl halides is 3. The van der Waals surface area contributed by atoms with Gasteiger partial charge in [-0.05, 0) is 38.1 Å². The average Bonchev–Trinajstić information content (AvgIpc) is 3.05. The van der Waals surface area contributed by atoms with E-state index in [-0.39, 0.29) is 11.3 Å². The van der Waals surface area contributed by atoms with Crippen LogP contribution in [-0.4, -0.2) is 11.9 Å². The number of benzene rings is 2. The Hall–Kier alpha value is -3.26. The summed E-state index contributed by atoms with van der Waals surface area (Å²) in [4.78, 5) is 25.5. The van der Waals surface area contributed by atoms with Crippen LogP contribution in [0.25, 0.3) is 0 Å². The molecule has 1 N–H and O–H groups in total. The number of amides is 1. The molecular weight excluding hydrogens is 435 g/mol. The zero-order valence-corrected chi connectivity index (χ0v) is 17.2. The van der Waals surface area contributed by atoms with Crippen molar-refractivity contribution in [2.75, 3.05) is 5.32 Å². The molecule has 1 heterocycles. The lowest BCUT2D eigenvalue weighted by Crippen LogP contribution is -2.26. The molecule has 0 bridgehead atoms. The van der Waals surface area contributed by atoms with E-state index in [0.717, 1.165) is 6.07 Å². The van der Waals surface area contributed by atoms with Gasteiger partial charge in [0.25, 0.3) is 5.91 Å². The van der Waals surface area contributed by atoms with Crippen LogP contribution < -0.4 is 5.32 Å². The van der Waals surface area contributed by atoms with E-state index >= 15 is 0 Å². The molecule has 1 atom stereocenters. The number of esters is 1. The fraction of sp³-hybridized carbons (Fsp3) is 0.182. The number of furan rings is 1. The van der Waals surface area contributed by atoms with Gasteiger partial charge >= 0.3 is 12.1 Å². The maximum atomic E-state index is 13.1. The third-order valence-electron chi connectivity index (χ3n) is 4.37. The van der Waals surface area contributed by atoms with Crippen molar-refractivity contribution >= 4 is 29.2 Å². The van der Waals surface area contributed by atoms with Gasteiger partial charge in [-0.15, -0.1) is 0 Å². The summed E-state index contributed by atoms with van der Waals surface area (Å²) in [7, 11) is 0. The predicted octanol–water partition coefficient (Wildman–Crippen LogP) is 6.11. The van der Waals surface area contributed by atoms with Gasteiger partial charge in [-0.1, -0.05) is 41.9 Å². The van der Waals surface area contributed by atoms with Crippen LogP contribution in [0, 0.1) is 13.8 Å². The molecule has 1 aromatic heterocycles. The maximum Gasteiger partial charge on any atom is 0.417 e. The zero-order valence-electron chi connectivity index (χ0n) is 16.4.